The van der Waals surface area contributed by atoms with Crippen LogP contribution in [-0.4, -0.2) is 36.5 Å². The zero-order chi connectivity index (χ0) is 12.2. The van der Waals surface area contributed by atoms with Gasteiger partial charge in [0.05, 0.1) is 10.3 Å². The first-order valence-corrected chi connectivity index (χ1v) is 4.14. The summed E-state index contributed by atoms with van der Waals surface area (Å²) in [4.78, 5) is 0. The first kappa shape index (κ1) is 29.4. The van der Waals surface area contributed by atoms with E-state index in [-0.39, 0.29) is 43.0 Å². The van der Waals surface area contributed by atoms with Gasteiger partial charge in [0, 0.05) is 0 Å². The van der Waals surface area contributed by atoms with Crippen LogP contribution < -0.4 is 0 Å². The Labute approximate surface area is 111 Å². The van der Waals surface area contributed by atoms with E-state index in [0.717, 1.165) is 0 Å². The van der Waals surface area contributed by atoms with E-state index in [0.29, 0.717) is 0 Å². The largest absolute Gasteiger partial charge is 3.00 e. The smallest absolute Gasteiger partial charge is 0.679 e. The molecule has 0 heterocycles. The molecular formula is C6H14CoN6S2-. The van der Waals surface area contributed by atoms with Crippen LogP contribution in [0.4, 0.5) is 0 Å². The van der Waals surface area contributed by atoms with Crippen molar-refractivity contribution in [2.24, 2.45) is 0 Å². The Balaban J connectivity index is -0.0000000293. The maximum Gasteiger partial charge on any atom is 3.00 e. The third-order valence-corrected chi connectivity index (χ3v) is 0.250. The van der Waals surface area contributed by atoms with Gasteiger partial charge < -0.3 is 22.9 Å². The van der Waals surface area contributed by atoms with Crippen molar-refractivity contribution < 1.29 is 16.8 Å². The summed E-state index contributed by atoms with van der Waals surface area (Å²) in [6.07, 6.45) is 0. The number of thiocarbonyl (C=S) groups is 2. The molecular weight excluding hydrogens is 279 g/mol. The average Bonchev–Trinajstić information content (AvgIpc) is 2.20. The summed E-state index contributed by atoms with van der Waals surface area (Å²) in [5.74, 6) is 0. The molecule has 0 aliphatic rings. The van der Waals surface area contributed by atoms with Gasteiger partial charge in [-0.2, -0.15) is 26.2 Å². The molecule has 0 saturated heterocycles. The zero-order valence-electron chi connectivity index (χ0n) is 7.98. The van der Waals surface area contributed by atoms with Crippen molar-refractivity contribution in [3.05, 3.63) is 22.9 Å². The number of hydrogen-bond donors (Lipinski definition) is 2. The molecule has 0 rings (SSSR count). The Bertz CT molecular complexity index is 114. The fraction of sp³-hybridized carbons (Fsp3) is 0.667. The molecule has 0 aliphatic heterocycles. The summed E-state index contributed by atoms with van der Waals surface area (Å²) in [6, 6.07) is 0. The van der Waals surface area contributed by atoms with Crippen LogP contribution >= 0.6 is 24.4 Å². The summed E-state index contributed by atoms with van der Waals surface area (Å²) in [7, 11) is 0. The van der Waals surface area contributed by atoms with Crippen LogP contribution in [0.25, 0.3) is 22.9 Å². The molecule has 15 heavy (non-hydrogen) atoms. The molecule has 0 bridgehead atoms. The Morgan fingerprint density at radius 1 is 0.733 bits per heavy atom. The summed E-state index contributed by atoms with van der Waals surface area (Å²) < 4.78 is 0. The van der Waals surface area contributed by atoms with Gasteiger partial charge in [0.1, 0.15) is 0 Å². The molecule has 6 N–H and O–H groups in total. The Morgan fingerprint density at radius 3 is 0.800 bits per heavy atom. The van der Waals surface area contributed by atoms with Crippen molar-refractivity contribution in [1.29, 1.82) is 10.8 Å². The van der Waals surface area contributed by atoms with E-state index < -0.39 is 0 Å². The van der Waals surface area contributed by atoms with E-state index >= 15 is 0 Å². The van der Waals surface area contributed by atoms with Crippen LogP contribution in [0.5, 0.6) is 0 Å². The van der Waals surface area contributed by atoms with Crippen LogP contribution in [0.1, 0.15) is 0 Å². The van der Waals surface area contributed by atoms with Crippen molar-refractivity contribution in [3.63, 3.8) is 0 Å². The normalized spacial score (nSPS) is 5.07. The molecule has 0 aliphatic carbocycles. The Morgan fingerprint density at radius 2 is 0.800 bits per heavy atom. The predicted octanol–water partition coefficient (Wildman–Crippen LogP) is 3.52. The number of isothiocyanates is 2. The second-order valence-electron chi connectivity index (χ2n) is 1.20. The zero-order valence-corrected chi connectivity index (χ0v) is 10.7. The van der Waals surface area contributed by atoms with Gasteiger partial charge in [0.15, 0.2) is 0 Å². The Hall–Kier alpha value is -0.0535. The first-order valence-electron chi connectivity index (χ1n) is 3.32. The first-order chi connectivity index (χ1) is 6.66. The van der Waals surface area contributed by atoms with Gasteiger partial charge in [0.25, 0.3) is 0 Å². The second kappa shape index (κ2) is 66.1. The molecule has 0 atom stereocenters. The van der Waals surface area contributed by atoms with Gasteiger partial charge in [-0.3, -0.25) is 0 Å². The third-order valence-electron chi connectivity index (χ3n) is 0.250. The molecule has 6 nitrogen and oxygen atoms in total. The van der Waals surface area contributed by atoms with E-state index in [9.17, 15) is 0 Å². The van der Waals surface area contributed by atoms with E-state index in [4.69, 9.17) is 33.8 Å². The molecule has 0 unspecified atom stereocenters. The van der Waals surface area contributed by atoms with Crippen molar-refractivity contribution in [1.82, 2.24) is 0 Å². The molecule has 0 fully saturated rings. The molecule has 0 spiro atoms. The number of nitrogens with one attached hydrogen (secondary N) is 6. The second-order valence-corrected chi connectivity index (χ2v) is 1.61. The van der Waals surface area contributed by atoms with Gasteiger partial charge in [-0.05, 0) is 24.4 Å². The van der Waals surface area contributed by atoms with Crippen molar-refractivity contribution in [2.75, 3.05) is 26.2 Å². The minimum atomic E-state index is 0. The molecule has 90 valence electrons. The summed E-state index contributed by atoms with van der Waals surface area (Å²) in [5, 5.41) is 14.7. The van der Waals surface area contributed by atoms with Crippen LogP contribution in [0.15, 0.2) is 0 Å². The third kappa shape index (κ3) is 525. The number of hydrogen-bond acceptors (Lipinski definition) is 4. The van der Waals surface area contributed by atoms with Crippen molar-refractivity contribution >= 4 is 34.8 Å². The Kier molecular flexibility index (Phi) is 130. The van der Waals surface area contributed by atoms with E-state index in [1.54, 1.807) is 10.3 Å². The van der Waals surface area contributed by atoms with Crippen LogP contribution in [-0.2, 0) is 16.8 Å². The fourth-order valence-electron chi connectivity index (χ4n) is 0. The van der Waals surface area contributed by atoms with Gasteiger partial charge >= 0.3 is 16.8 Å². The average molecular weight is 293 g/mol. The van der Waals surface area contributed by atoms with Gasteiger partial charge in [0.2, 0.25) is 0 Å². The summed E-state index contributed by atoms with van der Waals surface area (Å²) >= 11 is 7.62. The number of rotatable bonds is 2. The molecule has 0 amide bonds. The minimum absolute atomic E-state index is 0. The van der Waals surface area contributed by atoms with Gasteiger partial charge in [-0.25, -0.2) is 10.8 Å². The predicted molar refractivity (Wildman–Crippen MR) is 67.4 cm³/mol. The van der Waals surface area contributed by atoms with Gasteiger partial charge in [-0.1, -0.05) is 0 Å². The minimum Gasteiger partial charge on any atom is -0.679 e. The van der Waals surface area contributed by atoms with Crippen LogP contribution in [0.2, 0.25) is 0 Å². The van der Waals surface area contributed by atoms with Gasteiger partial charge in [-0.15, -0.1) is 0 Å². The van der Waals surface area contributed by atoms with E-state index in [1.165, 1.54) is 0 Å². The molecule has 0 aromatic carbocycles. The molecule has 0 saturated carbocycles. The quantitative estimate of drug-likeness (QED) is 0.593. The summed E-state index contributed by atoms with van der Waals surface area (Å²) in [5.41, 5.74) is 25.1. The molecule has 9 heteroatoms. The van der Waals surface area contributed by atoms with Crippen molar-refractivity contribution in [2.45, 2.75) is 0 Å². The maximum atomic E-state index is 6.26. The topological polar surface area (TPSA) is 143 Å². The SMILES string of the molecule is N=C=S.N=C=S.[Co+3].[NH-]CC[NH-].[NH-]CC[NH-]. The standard InChI is InChI=1S/2C2H6N2.2CHNS.Co/c2*3-1-2-4;2*2-1-3;/h2*3-4H,1-2H2;2*2H;/q2*-2;;;+3. The monoisotopic (exact) mass is 293 g/mol. The molecule has 0 radical (unpaired) electrons. The van der Waals surface area contributed by atoms with E-state index in [1.807, 2.05) is 0 Å². The van der Waals surface area contributed by atoms with Crippen molar-refractivity contribution in [3.8, 4) is 0 Å². The van der Waals surface area contributed by atoms with Crippen LogP contribution in [0, 0.1) is 10.8 Å². The molecule has 0 aromatic rings. The van der Waals surface area contributed by atoms with E-state index in [2.05, 4.69) is 24.4 Å². The van der Waals surface area contributed by atoms with Crippen LogP contribution in [0.3, 0.4) is 0 Å². The fourth-order valence-corrected chi connectivity index (χ4v) is 0. The molecule has 0 aromatic heterocycles. The summed E-state index contributed by atoms with van der Waals surface area (Å²) in [6.45, 7) is 0.944. The maximum absolute atomic E-state index is 6.26.